The van der Waals surface area contributed by atoms with Crippen molar-refractivity contribution in [2.75, 3.05) is 13.2 Å². The molecule has 3 N–H and O–H groups in total. The lowest BCUT2D eigenvalue weighted by Crippen LogP contribution is -2.29. The van der Waals surface area contributed by atoms with Crippen LogP contribution < -0.4 is 0 Å². The van der Waals surface area contributed by atoms with Crippen LogP contribution in [0.2, 0.25) is 0 Å². The fourth-order valence-electron chi connectivity index (χ4n) is 5.91. The number of carbonyl (C=O) groups is 2. The Balaban J connectivity index is 3.97. The van der Waals surface area contributed by atoms with Crippen molar-refractivity contribution in [3.63, 3.8) is 0 Å². The van der Waals surface area contributed by atoms with Crippen LogP contribution in [0.4, 0.5) is 0 Å². The molecular formula is C42H77O9P. The molecule has 0 aliphatic carbocycles. The molecule has 2 atom stereocenters. The first-order valence-corrected chi connectivity index (χ1v) is 22.4. The number of hydrogen-bond acceptors (Lipinski definition) is 7. The number of phosphoric ester groups is 1. The highest BCUT2D eigenvalue weighted by molar-refractivity contribution is 7.46. The van der Waals surface area contributed by atoms with Gasteiger partial charge in [-0.1, -0.05) is 185 Å². The summed E-state index contributed by atoms with van der Waals surface area (Å²) < 4.78 is 26.3. The van der Waals surface area contributed by atoms with Gasteiger partial charge >= 0.3 is 19.8 Å². The minimum atomic E-state index is -4.77. The molecule has 10 heteroatoms. The SMILES string of the molecule is CC/C=C/C/C=C/C=C/C(O)CCCCCCCC(=O)OC[C@H](COP(=O)(O)O)OC(=O)CCCCCCCCCCCCCCCCCCCC. The third kappa shape index (κ3) is 39.4. The number of unbranched alkanes of at least 4 members (excludes halogenated alkanes) is 21. The van der Waals surface area contributed by atoms with Crippen molar-refractivity contribution in [1.82, 2.24) is 0 Å². The molecule has 0 heterocycles. The Kier molecular flexibility index (Phi) is 36.3. The monoisotopic (exact) mass is 757 g/mol. The summed E-state index contributed by atoms with van der Waals surface area (Å²) in [5.74, 6) is -0.955. The van der Waals surface area contributed by atoms with E-state index < -0.39 is 38.6 Å². The highest BCUT2D eigenvalue weighted by Gasteiger charge is 2.23. The molecule has 304 valence electrons. The number of aliphatic hydroxyl groups is 1. The fraction of sp³-hybridized carbons (Fsp3) is 0.810. The summed E-state index contributed by atoms with van der Waals surface area (Å²) in [6.45, 7) is 3.49. The highest BCUT2D eigenvalue weighted by atomic mass is 31.2. The van der Waals surface area contributed by atoms with E-state index in [9.17, 15) is 19.3 Å². The zero-order valence-corrected chi connectivity index (χ0v) is 34.0. The first-order valence-electron chi connectivity index (χ1n) is 20.9. The van der Waals surface area contributed by atoms with E-state index >= 15 is 0 Å². The van der Waals surface area contributed by atoms with Crippen LogP contribution in [0.5, 0.6) is 0 Å². The maximum Gasteiger partial charge on any atom is 0.469 e. The van der Waals surface area contributed by atoms with Gasteiger partial charge in [0.25, 0.3) is 0 Å². The molecule has 0 aromatic carbocycles. The molecule has 0 radical (unpaired) electrons. The molecule has 0 amide bonds. The Hall–Kier alpha value is -1.77. The lowest BCUT2D eigenvalue weighted by molar-refractivity contribution is -0.161. The molecule has 1 unspecified atom stereocenters. The topological polar surface area (TPSA) is 140 Å². The number of ether oxygens (including phenoxy) is 2. The van der Waals surface area contributed by atoms with Crippen LogP contribution >= 0.6 is 7.82 Å². The van der Waals surface area contributed by atoms with Crippen molar-refractivity contribution in [2.45, 2.75) is 206 Å². The van der Waals surface area contributed by atoms with E-state index in [1.807, 2.05) is 18.2 Å². The zero-order chi connectivity index (χ0) is 38.4. The van der Waals surface area contributed by atoms with Crippen LogP contribution in [0.25, 0.3) is 0 Å². The number of carbonyl (C=O) groups excluding carboxylic acids is 2. The molecule has 0 spiro atoms. The lowest BCUT2D eigenvalue weighted by Gasteiger charge is -2.18. The van der Waals surface area contributed by atoms with E-state index in [-0.39, 0.29) is 19.4 Å². The molecule has 0 aromatic rings. The van der Waals surface area contributed by atoms with Gasteiger partial charge in [0.15, 0.2) is 6.10 Å². The predicted octanol–water partition coefficient (Wildman–Crippen LogP) is 11.5. The molecule has 0 aromatic heterocycles. The van der Waals surface area contributed by atoms with Gasteiger partial charge in [-0.2, -0.15) is 0 Å². The summed E-state index contributed by atoms with van der Waals surface area (Å²) in [7, 11) is -4.77. The summed E-state index contributed by atoms with van der Waals surface area (Å²) >= 11 is 0. The van der Waals surface area contributed by atoms with Crippen molar-refractivity contribution in [3.05, 3.63) is 36.5 Å². The van der Waals surface area contributed by atoms with Gasteiger partial charge in [0.1, 0.15) is 6.61 Å². The first-order chi connectivity index (χ1) is 25.2. The van der Waals surface area contributed by atoms with Gasteiger partial charge in [-0.3, -0.25) is 14.1 Å². The number of allylic oxidation sites excluding steroid dienone is 5. The highest BCUT2D eigenvalue weighted by Crippen LogP contribution is 2.36. The second-order valence-corrected chi connectivity index (χ2v) is 15.4. The molecule has 0 saturated heterocycles. The smallest absolute Gasteiger partial charge is 0.462 e. The third-order valence-corrected chi connectivity index (χ3v) is 9.51. The molecule has 0 rings (SSSR count). The van der Waals surface area contributed by atoms with Gasteiger partial charge in [-0.05, 0) is 32.1 Å². The maximum absolute atomic E-state index is 12.4. The quantitative estimate of drug-likeness (QED) is 0.0185. The van der Waals surface area contributed by atoms with E-state index in [1.165, 1.54) is 89.9 Å². The number of rotatable bonds is 38. The van der Waals surface area contributed by atoms with Gasteiger partial charge in [-0.15, -0.1) is 0 Å². The molecule has 52 heavy (non-hydrogen) atoms. The van der Waals surface area contributed by atoms with Gasteiger partial charge < -0.3 is 24.4 Å². The normalized spacial score (nSPS) is 13.4. The molecule has 0 bridgehead atoms. The standard InChI is InChI=1S/C42H77O9P/c1-3-5-7-9-11-12-13-14-15-16-17-18-19-20-21-23-27-32-36-42(45)51-40(38-50-52(46,47)48)37-49-41(44)35-31-28-24-26-30-34-39(43)33-29-25-22-10-8-6-4-2/h6,8,22,25,29,33,39-40,43H,3-5,7,9-21,23-24,26-28,30-32,34-38H2,1-2H3,(H2,46,47,48)/b8-6+,25-22+,33-29+/t39?,40-/m1/s1. The van der Waals surface area contributed by atoms with Gasteiger partial charge in [0.05, 0.1) is 12.7 Å². The minimum absolute atomic E-state index is 0.195. The Morgan fingerprint density at radius 1 is 0.596 bits per heavy atom. The zero-order valence-electron chi connectivity index (χ0n) is 33.1. The predicted molar refractivity (Wildman–Crippen MR) is 213 cm³/mol. The maximum atomic E-state index is 12.4. The molecule has 0 aliphatic rings. The van der Waals surface area contributed by atoms with Crippen LogP contribution in [0.1, 0.15) is 194 Å². The van der Waals surface area contributed by atoms with Crippen LogP contribution in [0.15, 0.2) is 36.5 Å². The van der Waals surface area contributed by atoms with E-state index in [0.717, 1.165) is 57.8 Å². The Bertz CT molecular complexity index is 959. The van der Waals surface area contributed by atoms with Gasteiger partial charge in [0.2, 0.25) is 0 Å². The van der Waals surface area contributed by atoms with Crippen molar-refractivity contribution < 1.29 is 43.0 Å². The third-order valence-electron chi connectivity index (χ3n) is 9.03. The van der Waals surface area contributed by atoms with E-state index in [0.29, 0.717) is 19.3 Å². The number of aliphatic hydroxyl groups excluding tert-OH is 1. The molecule has 0 aliphatic heterocycles. The average molecular weight is 757 g/mol. The summed E-state index contributed by atoms with van der Waals surface area (Å²) in [5, 5.41) is 10.1. The summed E-state index contributed by atoms with van der Waals surface area (Å²) in [5.41, 5.74) is 0. The average Bonchev–Trinajstić information content (AvgIpc) is 3.11. The lowest BCUT2D eigenvalue weighted by atomic mass is 10.0. The summed E-state index contributed by atoms with van der Waals surface area (Å²) in [6, 6.07) is 0. The second-order valence-electron chi connectivity index (χ2n) is 14.1. The van der Waals surface area contributed by atoms with Crippen molar-refractivity contribution in [2.24, 2.45) is 0 Å². The number of esters is 2. The van der Waals surface area contributed by atoms with Crippen molar-refractivity contribution >= 4 is 19.8 Å². The summed E-state index contributed by atoms with van der Waals surface area (Å²) in [6.07, 6.45) is 40.3. The molecule has 0 saturated carbocycles. The fourth-order valence-corrected chi connectivity index (χ4v) is 6.27. The van der Waals surface area contributed by atoms with Crippen LogP contribution in [0.3, 0.4) is 0 Å². The Labute approximate surface area is 317 Å². The molecule has 9 nitrogen and oxygen atoms in total. The van der Waals surface area contributed by atoms with Crippen LogP contribution in [-0.4, -0.2) is 52.3 Å². The van der Waals surface area contributed by atoms with E-state index in [4.69, 9.17) is 19.3 Å². The van der Waals surface area contributed by atoms with Gasteiger partial charge in [-0.25, -0.2) is 4.57 Å². The van der Waals surface area contributed by atoms with Crippen LogP contribution in [0, 0.1) is 0 Å². The van der Waals surface area contributed by atoms with Crippen molar-refractivity contribution in [1.29, 1.82) is 0 Å². The number of phosphoric acid groups is 1. The largest absolute Gasteiger partial charge is 0.469 e. The van der Waals surface area contributed by atoms with E-state index in [1.54, 1.807) is 6.08 Å². The first kappa shape index (κ1) is 50.2. The second kappa shape index (κ2) is 37.5. The van der Waals surface area contributed by atoms with Crippen molar-refractivity contribution in [3.8, 4) is 0 Å². The van der Waals surface area contributed by atoms with Crippen LogP contribution in [-0.2, 0) is 28.2 Å². The summed E-state index contributed by atoms with van der Waals surface area (Å²) in [4.78, 5) is 42.8. The van der Waals surface area contributed by atoms with Gasteiger partial charge in [0, 0.05) is 12.8 Å². The molecule has 0 fully saturated rings. The Morgan fingerprint density at radius 3 is 1.58 bits per heavy atom. The number of hydrogen-bond donors (Lipinski definition) is 3. The van der Waals surface area contributed by atoms with E-state index in [2.05, 4.69) is 30.5 Å². The minimum Gasteiger partial charge on any atom is -0.462 e. The Morgan fingerprint density at radius 2 is 1.08 bits per heavy atom. The molecular weight excluding hydrogens is 679 g/mol.